The molecule has 2 aromatic rings. The number of alkyl halides is 6. The highest BCUT2D eigenvalue weighted by atomic mass is 32.1. The van der Waals surface area contributed by atoms with E-state index in [9.17, 15) is 22.0 Å². The first-order valence-corrected chi connectivity index (χ1v) is 7.53. The Labute approximate surface area is 150 Å². The molecule has 0 saturated heterocycles. The van der Waals surface area contributed by atoms with E-state index < -0.39 is 28.9 Å². The molecule has 0 saturated carbocycles. The quantitative estimate of drug-likeness (QED) is 0.336. The number of hydrogen-bond donors (Lipinski definition) is 4. The van der Waals surface area contributed by atoms with Gasteiger partial charge in [0.1, 0.15) is 0 Å². The minimum absolute atomic E-state index is 0.0280. The molecule has 2 aromatic carbocycles. The average Bonchev–Trinajstić information content (AvgIpc) is 2.50. The standard InChI is InChI=1S/C15H12F6N2S2/c16-13(15(19,20)21,7-1-3-11(24)9(22)5-7)14(17,18)8-2-4-12(25)10(23)6-8/h1-6,24-25H,22-23H2. The van der Waals surface area contributed by atoms with Crippen LogP contribution in [0, 0.1) is 0 Å². The van der Waals surface area contributed by atoms with Crippen molar-refractivity contribution in [1.29, 1.82) is 0 Å². The van der Waals surface area contributed by atoms with Crippen molar-refractivity contribution in [3.63, 3.8) is 0 Å². The van der Waals surface area contributed by atoms with Gasteiger partial charge < -0.3 is 11.5 Å². The number of anilines is 2. The van der Waals surface area contributed by atoms with Gasteiger partial charge in [0.25, 0.3) is 5.67 Å². The maximum atomic E-state index is 15.0. The van der Waals surface area contributed by atoms with Crippen LogP contribution in [0.3, 0.4) is 0 Å². The summed E-state index contributed by atoms with van der Waals surface area (Å²) in [6.45, 7) is 0. The van der Waals surface area contributed by atoms with E-state index in [4.69, 9.17) is 11.5 Å². The van der Waals surface area contributed by atoms with Crippen LogP contribution in [0.5, 0.6) is 0 Å². The van der Waals surface area contributed by atoms with E-state index in [1.165, 1.54) is 0 Å². The third-order valence-electron chi connectivity index (χ3n) is 3.64. The molecule has 25 heavy (non-hydrogen) atoms. The topological polar surface area (TPSA) is 52.0 Å². The van der Waals surface area contributed by atoms with Crippen molar-refractivity contribution >= 4 is 36.6 Å². The van der Waals surface area contributed by atoms with Crippen molar-refractivity contribution in [1.82, 2.24) is 0 Å². The normalized spacial score (nSPS) is 15.0. The molecule has 0 aliphatic carbocycles. The van der Waals surface area contributed by atoms with Crippen molar-refractivity contribution in [2.75, 3.05) is 11.5 Å². The smallest absolute Gasteiger partial charge is 0.398 e. The number of hydrogen-bond acceptors (Lipinski definition) is 4. The van der Waals surface area contributed by atoms with Crippen molar-refractivity contribution in [2.45, 2.75) is 27.6 Å². The highest BCUT2D eigenvalue weighted by Crippen LogP contribution is 2.57. The molecule has 4 N–H and O–H groups in total. The summed E-state index contributed by atoms with van der Waals surface area (Å²) in [4.78, 5) is 0.0972. The van der Waals surface area contributed by atoms with Gasteiger partial charge in [-0.3, -0.25) is 0 Å². The predicted molar refractivity (Wildman–Crippen MR) is 88.9 cm³/mol. The second-order valence-electron chi connectivity index (χ2n) is 5.28. The molecule has 0 heterocycles. The Morgan fingerprint density at radius 2 is 1.08 bits per heavy atom. The molecule has 0 aromatic heterocycles. The SMILES string of the molecule is Nc1cc(C(F)(F)C(F)(c2ccc(S)c(N)c2)C(F)(F)F)ccc1S. The molecular weight excluding hydrogens is 386 g/mol. The first-order valence-electron chi connectivity index (χ1n) is 6.63. The Hall–Kier alpha value is -1.68. The van der Waals surface area contributed by atoms with Crippen LogP contribution in [0.4, 0.5) is 37.7 Å². The van der Waals surface area contributed by atoms with Crippen molar-refractivity contribution in [2.24, 2.45) is 0 Å². The monoisotopic (exact) mass is 398 g/mol. The van der Waals surface area contributed by atoms with E-state index in [0.29, 0.717) is 24.3 Å². The van der Waals surface area contributed by atoms with Crippen LogP contribution >= 0.6 is 25.3 Å². The van der Waals surface area contributed by atoms with E-state index in [2.05, 4.69) is 25.3 Å². The maximum absolute atomic E-state index is 15.0. The maximum Gasteiger partial charge on any atom is 0.433 e. The van der Waals surface area contributed by atoms with Gasteiger partial charge in [-0.25, -0.2) is 4.39 Å². The second kappa shape index (κ2) is 6.24. The summed E-state index contributed by atoms with van der Waals surface area (Å²) in [5, 5.41) is 0. The minimum atomic E-state index is -5.94. The molecule has 0 aliphatic heterocycles. The van der Waals surface area contributed by atoms with Crippen LogP contribution in [0.15, 0.2) is 46.2 Å². The van der Waals surface area contributed by atoms with Gasteiger partial charge in [-0.2, -0.15) is 22.0 Å². The van der Waals surface area contributed by atoms with E-state index in [0.717, 1.165) is 12.1 Å². The Morgan fingerprint density at radius 3 is 1.48 bits per heavy atom. The summed E-state index contributed by atoms with van der Waals surface area (Å²) in [7, 11) is 0. The van der Waals surface area contributed by atoms with Gasteiger partial charge in [0.2, 0.25) is 0 Å². The Bertz CT molecular complexity index is 809. The third kappa shape index (κ3) is 3.12. The number of nitrogens with two attached hydrogens (primary N) is 2. The lowest BCUT2D eigenvalue weighted by molar-refractivity contribution is -0.314. The third-order valence-corrected chi connectivity index (χ3v) is 4.45. The summed E-state index contributed by atoms with van der Waals surface area (Å²) in [6.07, 6.45) is -5.94. The number of rotatable bonds is 3. The lowest BCUT2D eigenvalue weighted by atomic mass is 9.84. The molecule has 0 spiro atoms. The fourth-order valence-electron chi connectivity index (χ4n) is 2.24. The first-order chi connectivity index (χ1) is 11.3. The largest absolute Gasteiger partial charge is 0.433 e. The summed E-state index contributed by atoms with van der Waals surface area (Å²) >= 11 is 7.69. The van der Waals surface area contributed by atoms with Crippen LogP contribution in [0.1, 0.15) is 11.1 Å². The van der Waals surface area contributed by atoms with E-state index in [1.54, 1.807) is 0 Å². The summed E-state index contributed by atoms with van der Waals surface area (Å²) in [6, 6.07) is 4.11. The number of halogens is 6. The second-order valence-corrected chi connectivity index (χ2v) is 6.24. The molecule has 2 nitrogen and oxygen atoms in total. The van der Waals surface area contributed by atoms with E-state index >= 15 is 4.39 Å². The fraction of sp³-hybridized carbons (Fsp3) is 0.200. The Balaban J connectivity index is 2.74. The number of nitrogen functional groups attached to an aromatic ring is 2. The van der Waals surface area contributed by atoms with Crippen molar-refractivity contribution in [3.05, 3.63) is 47.5 Å². The van der Waals surface area contributed by atoms with Gasteiger partial charge >= 0.3 is 12.1 Å². The molecule has 10 heteroatoms. The molecule has 136 valence electrons. The summed E-state index contributed by atoms with van der Waals surface area (Å²) in [5.74, 6) is -4.98. The number of thiol groups is 2. The van der Waals surface area contributed by atoms with Gasteiger partial charge in [0.15, 0.2) is 0 Å². The minimum Gasteiger partial charge on any atom is -0.398 e. The molecule has 1 unspecified atom stereocenters. The summed E-state index contributed by atoms with van der Waals surface area (Å²) < 4.78 is 84.7. The van der Waals surface area contributed by atoms with Crippen LogP contribution < -0.4 is 11.5 Å². The Kier molecular flexibility index (Phi) is 4.90. The van der Waals surface area contributed by atoms with Gasteiger partial charge in [-0.15, -0.1) is 25.3 Å². The van der Waals surface area contributed by atoms with Crippen molar-refractivity contribution in [3.8, 4) is 0 Å². The number of benzene rings is 2. The van der Waals surface area contributed by atoms with Gasteiger partial charge in [-0.1, -0.05) is 12.1 Å². The predicted octanol–water partition coefficient (Wildman–Crippen LogP) is 4.95. The van der Waals surface area contributed by atoms with Crippen LogP contribution in [-0.2, 0) is 11.6 Å². The highest BCUT2D eigenvalue weighted by molar-refractivity contribution is 7.80. The molecule has 0 bridgehead atoms. The molecular formula is C15H12F6N2S2. The van der Waals surface area contributed by atoms with E-state index in [-0.39, 0.29) is 21.2 Å². The lowest BCUT2D eigenvalue weighted by Crippen LogP contribution is -2.51. The summed E-state index contributed by atoms with van der Waals surface area (Å²) in [5.41, 5.74) is 2.53. The van der Waals surface area contributed by atoms with Crippen molar-refractivity contribution < 1.29 is 26.3 Å². The zero-order valence-corrected chi connectivity index (χ0v) is 14.1. The van der Waals surface area contributed by atoms with Gasteiger partial charge in [0.05, 0.1) is 0 Å². The fourth-order valence-corrected chi connectivity index (χ4v) is 2.52. The van der Waals surface area contributed by atoms with Crippen LogP contribution in [0.25, 0.3) is 0 Å². The average molecular weight is 398 g/mol. The molecule has 2 rings (SSSR count). The molecule has 0 fully saturated rings. The molecule has 0 amide bonds. The van der Waals surface area contributed by atoms with E-state index in [1.807, 2.05) is 0 Å². The molecule has 0 aliphatic rings. The molecule has 1 atom stereocenters. The highest BCUT2D eigenvalue weighted by Gasteiger charge is 2.72. The zero-order valence-electron chi connectivity index (χ0n) is 12.3. The Morgan fingerprint density at radius 1 is 0.680 bits per heavy atom. The lowest BCUT2D eigenvalue weighted by Gasteiger charge is -2.36. The van der Waals surface area contributed by atoms with Gasteiger partial charge in [0, 0.05) is 32.3 Å². The van der Waals surface area contributed by atoms with Gasteiger partial charge in [-0.05, 0) is 24.3 Å². The zero-order chi connectivity index (χ0) is 19.2. The first kappa shape index (κ1) is 19.6. The van der Waals surface area contributed by atoms with Crippen LogP contribution in [0.2, 0.25) is 0 Å². The molecule has 0 radical (unpaired) electrons. The van der Waals surface area contributed by atoms with Crippen LogP contribution in [-0.4, -0.2) is 6.18 Å².